The number of nitrogen functional groups attached to an aromatic ring is 1. The molecule has 0 aliphatic carbocycles. The molecule has 2 aromatic heterocycles. The quantitative estimate of drug-likeness (QED) is 0.468. The average Bonchev–Trinajstić information content (AvgIpc) is 3.24. The summed E-state index contributed by atoms with van der Waals surface area (Å²) in [6.07, 6.45) is -2.30. The molecular formula is C17H19N5O6S. The second-order valence-corrected chi connectivity index (χ2v) is 8.30. The number of nitrogens with zero attached hydrogens (tertiary/aromatic N) is 4. The number of anilines is 1. The van der Waals surface area contributed by atoms with Crippen LogP contribution in [0, 0.1) is 6.92 Å². The molecule has 4 N–H and O–H groups in total. The smallest absolute Gasteiger partial charge is 0.297 e. The molecule has 1 fully saturated rings. The van der Waals surface area contributed by atoms with Gasteiger partial charge in [-0.2, -0.15) is 8.42 Å². The number of aliphatic hydroxyl groups is 2. The number of rotatable bonds is 5. The molecule has 12 heteroatoms. The molecule has 1 aromatic carbocycles. The zero-order chi connectivity index (χ0) is 20.8. The van der Waals surface area contributed by atoms with Crippen molar-refractivity contribution in [2.24, 2.45) is 0 Å². The molecule has 0 unspecified atom stereocenters. The largest absolute Gasteiger partial charge is 0.387 e. The van der Waals surface area contributed by atoms with Crippen molar-refractivity contribution < 1.29 is 27.6 Å². The molecule has 11 nitrogen and oxygen atoms in total. The Kier molecular flexibility index (Phi) is 4.96. The van der Waals surface area contributed by atoms with Gasteiger partial charge in [-0.3, -0.25) is 8.75 Å². The predicted molar refractivity (Wildman–Crippen MR) is 100.0 cm³/mol. The summed E-state index contributed by atoms with van der Waals surface area (Å²) in [4.78, 5) is 12.0. The molecule has 0 saturated carbocycles. The van der Waals surface area contributed by atoms with Crippen molar-refractivity contribution in [3.8, 4) is 0 Å². The SMILES string of the molecule is Cc1ccc(S(=O)(=O)OC[C@H]2O[C@@H](n3cnc4c(N)ncnc43)[C@@H](O)[C@@H]2O)cc1. The molecule has 0 bridgehead atoms. The minimum atomic E-state index is -4.05. The van der Waals surface area contributed by atoms with E-state index in [9.17, 15) is 18.6 Å². The van der Waals surface area contributed by atoms with Crippen LogP contribution in [0.2, 0.25) is 0 Å². The molecule has 4 atom stereocenters. The van der Waals surface area contributed by atoms with Crippen LogP contribution in [-0.4, -0.2) is 63.1 Å². The number of hydrogen-bond donors (Lipinski definition) is 3. The number of imidazole rings is 1. The van der Waals surface area contributed by atoms with Crippen LogP contribution in [0.15, 0.2) is 41.8 Å². The lowest BCUT2D eigenvalue weighted by Gasteiger charge is -2.16. The Bertz CT molecular complexity index is 1130. The molecule has 3 aromatic rings. The number of aliphatic hydroxyl groups excluding tert-OH is 2. The number of hydrogen-bond acceptors (Lipinski definition) is 10. The molecule has 3 heterocycles. The fourth-order valence-corrected chi connectivity index (χ4v) is 4.00. The van der Waals surface area contributed by atoms with Crippen LogP contribution >= 0.6 is 0 Å². The molecule has 0 radical (unpaired) electrons. The van der Waals surface area contributed by atoms with Crippen molar-refractivity contribution in [3.63, 3.8) is 0 Å². The third kappa shape index (κ3) is 3.56. The molecule has 1 aliphatic heterocycles. The minimum absolute atomic E-state index is 0.0135. The van der Waals surface area contributed by atoms with E-state index in [1.807, 2.05) is 6.92 Å². The van der Waals surface area contributed by atoms with E-state index in [1.54, 1.807) is 12.1 Å². The predicted octanol–water partition coefficient (Wildman–Crippen LogP) is -0.258. The van der Waals surface area contributed by atoms with Gasteiger partial charge in [0.2, 0.25) is 0 Å². The van der Waals surface area contributed by atoms with Crippen molar-refractivity contribution in [1.29, 1.82) is 0 Å². The Hall–Kier alpha value is -2.64. The van der Waals surface area contributed by atoms with Crippen LogP contribution in [0.25, 0.3) is 11.2 Å². The van der Waals surface area contributed by atoms with Gasteiger partial charge in [0.25, 0.3) is 10.1 Å². The van der Waals surface area contributed by atoms with Crippen molar-refractivity contribution in [2.75, 3.05) is 12.3 Å². The molecule has 0 amide bonds. The van der Waals surface area contributed by atoms with Gasteiger partial charge in [0, 0.05) is 0 Å². The summed E-state index contributed by atoms with van der Waals surface area (Å²) in [7, 11) is -4.05. The monoisotopic (exact) mass is 421 g/mol. The van der Waals surface area contributed by atoms with Gasteiger partial charge >= 0.3 is 0 Å². The first kappa shape index (κ1) is 19.7. The van der Waals surface area contributed by atoms with Gasteiger partial charge in [0.05, 0.1) is 17.8 Å². The molecule has 1 aliphatic rings. The second-order valence-electron chi connectivity index (χ2n) is 6.68. The van der Waals surface area contributed by atoms with E-state index in [-0.39, 0.29) is 10.7 Å². The maximum atomic E-state index is 12.3. The standard InChI is InChI=1S/C17H19N5O6S/c1-9-2-4-10(5-3-9)29(25,26)27-6-11-13(23)14(24)17(28-11)22-8-21-12-15(18)19-7-20-16(12)22/h2-5,7-8,11,13-14,17,23-24H,6H2,1H3,(H2,18,19,20)/t11-,13-,14+,17-/m1/s1. The van der Waals surface area contributed by atoms with Crippen LogP contribution in [0.3, 0.4) is 0 Å². The van der Waals surface area contributed by atoms with E-state index >= 15 is 0 Å². The van der Waals surface area contributed by atoms with Crippen LogP contribution in [0.5, 0.6) is 0 Å². The summed E-state index contributed by atoms with van der Waals surface area (Å²) in [5, 5.41) is 20.7. The average molecular weight is 421 g/mol. The van der Waals surface area contributed by atoms with Crippen LogP contribution in [0.1, 0.15) is 11.8 Å². The van der Waals surface area contributed by atoms with E-state index in [0.717, 1.165) is 5.56 Å². The van der Waals surface area contributed by atoms with Crippen molar-refractivity contribution in [1.82, 2.24) is 19.5 Å². The molecular weight excluding hydrogens is 402 g/mol. The highest BCUT2D eigenvalue weighted by Crippen LogP contribution is 2.32. The molecule has 1 saturated heterocycles. The lowest BCUT2D eigenvalue weighted by atomic mass is 10.1. The van der Waals surface area contributed by atoms with E-state index in [4.69, 9.17) is 14.7 Å². The maximum Gasteiger partial charge on any atom is 0.297 e. The van der Waals surface area contributed by atoms with Crippen LogP contribution in [-0.2, 0) is 19.0 Å². The topological polar surface area (TPSA) is 163 Å². The second kappa shape index (κ2) is 7.31. The highest BCUT2D eigenvalue weighted by atomic mass is 32.2. The third-order valence-electron chi connectivity index (χ3n) is 4.70. The van der Waals surface area contributed by atoms with Gasteiger partial charge < -0.3 is 20.7 Å². The summed E-state index contributed by atoms with van der Waals surface area (Å²) >= 11 is 0. The van der Waals surface area contributed by atoms with E-state index in [2.05, 4.69) is 15.0 Å². The Labute approximate surface area is 165 Å². The van der Waals surface area contributed by atoms with Crippen molar-refractivity contribution in [2.45, 2.75) is 36.4 Å². The lowest BCUT2D eigenvalue weighted by molar-refractivity contribution is -0.0467. The van der Waals surface area contributed by atoms with Gasteiger partial charge in [-0.25, -0.2) is 15.0 Å². The van der Waals surface area contributed by atoms with Gasteiger partial charge in [-0.15, -0.1) is 0 Å². The summed E-state index contributed by atoms with van der Waals surface area (Å²) in [6, 6.07) is 6.15. The number of ether oxygens (including phenoxy) is 1. The number of fused-ring (bicyclic) bond motifs is 1. The molecule has 0 spiro atoms. The highest BCUT2D eigenvalue weighted by Gasteiger charge is 2.45. The molecule has 4 rings (SSSR count). The van der Waals surface area contributed by atoms with E-state index < -0.39 is 41.3 Å². The van der Waals surface area contributed by atoms with Gasteiger partial charge in [-0.05, 0) is 19.1 Å². The van der Waals surface area contributed by atoms with Gasteiger partial charge in [-0.1, -0.05) is 17.7 Å². The fourth-order valence-electron chi connectivity index (χ4n) is 3.08. The summed E-state index contributed by atoms with van der Waals surface area (Å²) in [5.41, 5.74) is 7.28. The lowest BCUT2D eigenvalue weighted by Crippen LogP contribution is -2.34. The van der Waals surface area contributed by atoms with Crippen molar-refractivity contribution >= 4 is 27.1 Å². The van der Waals surface area contributed by atoms with Gasteiger partial charge in [0.15, 0.2) is 17.7 Å². The maximum absolute atomic E-state index is 12.3. The number of benzene rings is 1. The summed E-state index contributed by atoms with van der Waals surface area (Å²) in [6.45, 7) is 1.36. The zero-order valence-electron chi connectivity index (χ0n) is 15.3. The van der Waals surface area contributed by atoms with Crippen molar-refractivity contribution in [3.05, 3.63) is 42.5 Å². The minimum Gasteiger partial charge on any atom is -0.387 e. The van der Waals surface area contributed by atoms with E-state index in [0.29, 0.717) is 11.2 Å². The normalized spacial score (nSPS) is 24.9. The Balaban J connectivity index is 1.51. The van der Waals surface area contributed by atoms with Gasteiger partial charge in [0.1, 0.15) is 30.2 Å². The first-order valence-electron chi connectivity index (χ1n) is 8.68. The number of nitrogens with two attached hydrogens (primary N) is 1. The number of aryl methyl sites for hydroxylation is 1. The first-order valence-corrected chi connectivity index (χ1v) is 10.1. The highest BCUT2D eigenvalue weighted by molar-refractivity contribution is 7.86. The third-order valence-corrected chi connectivity index (χ3v) is 5.99. The molecule has 29 heavy (non-hydrogen) atoms. The number of aromatic nitrogens is 4. The van der Waals surface area contributed by atoms with Crippen LogP contribution in [0.4, 0.5) is 5.82 Å². The Morgan fingerprint density at radius 3 is 2.62 bits per heavy atom. The Morgan fingerprint density at radius 1 is 1.17 bits per heavy atom. The summed E-state index contributed by atoms with van der Waals surface area (Å²) < 4.78 is 36.8. The fraction of sp³-hybridized carbons (Fsp3) is 0.353. The zero-order valence-corrected chi connectivity index (χ0v) is 16.1. The summed E-state index contributed by atoms with van der Waals surface area (Å²) in [5.74, 6) is 0.158. The Morgan fingerprint density at radius 2 is 1.90 bits per heavy atom. The molecule has 154 valence electrons. The first-order chi connectivity index (χ1) is 13.8. The van der Waals surface area contributed by atoms with E-state index in [1.165, 1.54) is 29.4 Å². The van der Waals surface area contributed by atoms with Crippen LogP contribution < -0.4 is 5.73 Å².